The molecule has 1 aliphatic rings. The predicted octanol–water partition coefficient (Wildman–Crippen LogP) is 4.48. The van der Waals surface area contributed by atoms with Crippen LogP contribution in [0.5, 0.6) is 5.75 Å². The van der Waals surface area contributed by atoms with Gasteiger partial charge in [0.1, 0.15) is 17.7 Å². The Hall–Kier alpha value is -1.54. The monoisotopic (exact) mass is 276 g/mol. The predicted molar refractivity (Wildman–Crippen MR) is 74.3 cm³/mol. The minimum absolute atomic E-state index is 0.201. The van der Waals surface area contributed by atoms with E-state index in [2.05, 4.69) is 0 Å². The Balaban J connectivity index is 1.95. The van der Waals surface area contributed by atoms with Crippen LogP contribution in [0.3, 0.4) is 0 Å². The zero-order valence-electron chi connectivity index (χ0n) is 10.6. The van der Waals surface area contributed by atoms with Crippen molar-refractivity contribution in [1.29, 1.82) is 0 Å². The average molecular weight is 277 g/mol. The number of halogens is 2. The molecule has 2 atom stereocenters. The molecule has 0 spiro atoms. The molecule has 2 unspecified atom stereocenters. The Morgan fingerprint density at radius 3 is 2.84 bits per heavy atom. The molecule has 0 bridgehead atoms. The van der Waals surface area contributed by atoms with Crippen LogP contribution in [-0.2, 0) is 6.42 Å². The van der Waals surface area contributed by atoms with Crippen molar-refractivity contribution in [2.24, 2.45) is 0 Å². The lowest BCUT2D eigenvalue weighted by atomic mass is 10.0. The minimum atomic E-state index is -0.470. The third-order valence-corrected chi connectivity index (χ3v) is 3.88. The van der Waals surface area contributed by atoms with Gasteiger partial charge < -0.3 is 4.74 Å². The molecule has 3 heteroatoms. The maximum Gasteiger partial charge on any atom is 0.128 e. The Bertz CT molecular complexity index is 611. The Labute approximate surface area is 117 Å². The molecule has 1 aliphatic heterocycles. The van der Waals surface area contributed by atoms with Gasteiger partial charge in [0.25, 0.3) is 0 Å². The average Bonchev–Trinajstić information content (AvgIpc) is 2.77. The van der Waals surface area contributed by atoms with Crippen LogP contribution in [0.4, 0.5) is 4.39 Å². The van der Waals surface area contributed by atoms with Gasteiger partial charge in [-0.15, -0.1) is 11.6 Å². The third kappa shape index (κ3) is 2.33. The van der Waals surface area contributed by atoms with Gasteiger partial charge in [-0.25, -0.2) is 4.39 Å². The first kappa shape index (κ1) is 12.5. The highest BCUT2D eigenvalue weighted by Gasteiger charge is 2.22. The van der Waals surface area contributed by atoms with Crippen LogP contribution >= 0.6 is 11.6 Å². The molecule has 0 saturated heterocycles. The van der Waals surface area contributed by atoms with E-state index in [1.165, 1.54) is 6.07 Å². The molecule has 2 aromatic rings. The number of ether oxygens (including phenoxy) is 1. The maximum absolute atomic E-state index is 13.8. The molecule has 0 aliphatic carbocycles. The summed E-state index contributed by atoms with van der Waals surface area (Å²) in [6, 6.07) is 12.5. The molecule has 0 radical (unpaired) electrons. The minimum Gasteiger partial charge on any atom is -0.490 e. The van der Waals surface area contributed by atoms with Crippen LogP contribution in [0.25, 0.3) is 0 Å². The van der Waals surface area contributed by atoms with Crippen LogP contribution < -0.4 is 4.74 Å². The van der Waals surface area contributed by atoms with E-state index < -0.39 is 5.38 Å². The summed E-state index contributed by atoms with van der Waals surface area (Å²) in [5.74, 6) is 0.640. The molecule has 3 rings (SSSR count). The van der Waals surface area contributed by atoms with Crippen molar-refractivity contribution >= 4 is 11.6 Å². The van der Waals surface area contributed by atoms with E-state index in [1.807, 2.05) is 25.1 Å². The van der Waals surface area contributed by atoms with Crippen LogP contribution in [0.15, 0.2) is 42.5 Å². The fourth-order valence-corrected chi connectivity index (χ4v) is 2.77. The van der Waals surface area contributed by atoms with Gasteiger partial charge in [-0.05, 0) is 30.2 Å². The molecule has 98 valence electrons. The smallest absolute Gasteiger partial charge is 0.128 e. The topological polar surface area (TPSA) is 9.23 Å². The highest BCUT2D eigenvalue weighted by Crippen LogP contribution is 2.36. The molecule has 0 N–H and O–H groups in total. The summed E-state index contributed by atoms with van der Waals surface area (Å²) in [6.45, 7) is 2.04. The summed E-state index contributed by atoms with van der Waals surface area (Å²) in [6.07, 6.45) is 1.08. The van der Waals surface area contributed by atoms with E-state index in [-0.39, 0.29) is 11.9 Å². The van der Waals surface area contributed by atoms with Gasteiger partial charge in [0.2, 0.25) is 0 Å². The first-order chi connectivity index (χ1) is 9.15. The first-order valence-electron chi connectivity index (χ1n) is 6.33. The van der Waals surface area contributed by atoms with Crippen molar-refractivity contribution < 1.29 is 9.13 Å². The van der Waals surface area contributed by atoms with E-state index in [0.717, 1.165) is 23.3 Å². The van der Waals surface area contributed by atoms with Gasteiger partial charge in [0, 0.05) is 12.0 Å². The second-order valence-electron chi connectivity index (χ2n) is 4.88. The Morgan fingerprint density at radius 1 is 1.26 bits per heavy atom. The van der Waals surface area contributed by atoms with E-state index in [0.29, 0.717) is 5.56 Å². The van der Waals surface area contributed by atoms with E-state index >= 15 is 0 Å². The fraction of sp³-hybridized carbons (Fsp3) is 0.250. The molecule has 0 aromatic heterocycles. The molecule has 0 amide bonds. The van der Waals surface area contributed by atoms with Gasteiger partial charge in [-0.2, -0.15) is 0 Å². The molecular formula is C16H14ClFO. The van der Waals surface area contributed by atoms with Crippen molar-refractivity contribution in [1.82, 2.24) is 0 Å². The van der Waals surface area contributed by atoms with Gasteiger partial charge in [0.05, 0.1) is 5.38 Å². The number of benzene rings is 2. The lowest BCUT2D eigenvalue weighted by molar-refractivity contribution is 0.254. The molecule has 0 fully saturated rings. The van der Waals surface area contributed by atoms with E-state index in [9.17, 15) is 4.39 Å². The quantitative estimate of drug-likeness (QED) is 0.735. The largest absolute Gasteiger partial charge is 0.490 e. The summed E-state index contributed by atoms with van der Waals surface area (Å²) in [5, 5.41) is -0.470. The van der Waals surface area contributed by atoms with Gasteiger partial charge in [-0.1, -0.05) is 30.3 Å². The van der Waals surface area contributed by atoms with Crippen molar-refractivity contribution in [3.63, 3.8) is 0 Å². The second kappa shape index (κ2) is 4.86. The van der Waals surface area contributed by atoms with Crippen molar-refractivity contribution in [2.75, 3.05) is 0 Å². The highest BCUT2D eigenvalue weighted by atomic mass is 35.5. The molecule has 1 heterocycles. The second-order valence-corrected chi connectivity index (χ2v) is 5.32. The molecule has 1 nitrogen and oxygen atoms in total. The molecule has 2 aromatic carbocycles. The highest BCUT2D eigenvalue weighted by molar-refractivity contribution is 6.22. The lowest BCUT2D eigenvalue weighted by Crippen LogP contribution is -2.05. The number of hydrogen-bond donors (Lipinski definition) is 0. The Kier molecular flexibility index (Phi) is 3.19. The van der Waals surface area contributed by atoms with Crippen LogP contribution in [0.2, 0.25) is 0 Å². The zero-order valence-corrected chi connectivity index (χ0v) is 11.3. The summed E-state index contributed by atoms with van der Waals surface area (Å²) in [7, 11) is 0. The SMILES string of the molecule is CC1Cc2cc(C(Cl)c3ccccc3F)ccc2O1. The number of rotatable bonds is 2. The lowest BCUT2D eigenvalue weighted by Gasteiger charge is -2.12. The van der Waals surface area contributed by atoms with Crippen LogP contribution in [0, 0.1) is 5.82 Å². The van der Waals surface area contributed by atoms with Crippen LogP contribution in [-0.4, -0.2) is 6.10 Å². The van der Waals surface area contributed by atoms with Crippen molar-refractivity contribution in [3.8, 4) is 5.75 Å². The zero-order chi connectivity index (χ0) is 13.4. The molecule has 19 heavy (non-hydrogen) atoms. The summed E-state index contributed by atoms with van der Waals surface area (Å²) in [5.41, 5.74) is 2.56. The molecule has 0 saturated carbocycles. The molecular weight excluding hydrogens is 263 g/mol. The maximum atomic E-state index is 13.8. The first-order valence-corrected chi connectivity index (χ1v) is 6.77. The van der Waals surface area contributed by atoms with Crippen molar-refractivity contribution in [2.45, 2.75) is 24.8 Å². The number of fused-ring (bicyclic) bond motifs is 1. The number of hydrogen-bond acceptors (Lipinski definition) is 1. The van der Waals surface area contributed by atoms with Gasteiger partial charge in [-0.3, -0.25) is 0 Å². The Morgan fingerprint density at radius 2 is 2.05 bits per heavy atom. The van der Waals surface area contributed by atoms with E-state index in [4.69, 9.17) is 16.3 Å². The summed E-state index contributed by atoms with van der Waals surface area (Å²) < 4.78 is 19.4. The standard InChI is InChI=1S/C16H14ClFO/c1-10-8-12-9-11(6-7-15(12)19-10)16(17)13-4-2-3-5-14(13)18/h2-7,9-10,16H,8H2,1H3. The third-order valence-electron chi connectivity index (χ3n) is 3.39. The normalized spacial score (nSPS) is 18.8. The van der Waals surface area contributed by atoms with Gasteiger partial charge >= 0.3 is 0 Å². The summed E-state index contributed by atoms with van der Waals surface area (Å²) >= 11 is 6.39. The van der Waals surface area contributed by atoms with Crippen LogP contribution in [0.1, 0.15) is 29.0 Å². The van der Waals surface area contributed by atoms with E-state index in [1.54, 1.807) is 18.2 Å². The summed E-state index contributed by atoms with van der Waals surface area (Å²) in [4.78, 5) is 0. The number of alkyl halides is 1. The fourth-order valence-electron chi connectivity index (χ4n) is 2.46. The van der Waals surface area contributed by atoms with Crippen molar-refractivity contribution in [3.05, 3.63) is 65.0 Å². The van der Waals surface area contributed by atoms with Gasteiger partial charge in [0.15, 0.2) is 0 Å².